The molecule has 1 aromatic carbocycles. The maximum absolute atomic E-state index is 14.9. The summed E-state index contributed by atoms with van der Waals surface area (Å²) < 4.78 is 60.0. The lowest BCUT2D eigenvalue weighted by molar-refractivity contribution is -0.152. The molecule has 1 N–H and O–H groups in total. The Balaban J connectivity index is 1.58. The van der Waals surface area contributed by atoms with Crippen LogP contribution in [0.3, 0.4) is 0 Å². The number of hydrogen-bond acceptors (Lipinski definition) is 6. The molecule has 7 nitrogen and oxygen atoms in total. The lowest BCUT2D eigenvalue weighted by atomic mass is 9.79. The van der Waals surface area contributed by atoms with Gasteiger partial charge in [-0.3, -0.25) is 4.79 Å². The number of halogens is 2. The first kappa shape index (κ1) is 21.8. The molecule has 166 valence electrons. The molecule has 10 heteroatoms. The van der Waals surface area contributed by atoms with E-state index in [0.29, 0.717) is 29.8 Å². The molecule has 1 heterocycles. The molecule has 0 bridgehead atoms. The van der Waals surface area contributed by atoms with Gasteiger partial charge in [0.1, 0.15) is 6.17 Å². The van der Waals surface area contributed by atoms with Crippen LogP contribution in [-0.4, -0.2) is 48.9 Å². The first-order valence-electron chi connectivity index (χ1n) is 10.0. The van der Waals surface area contributed by atoms with E-state index in [-0.39, 0.29) is 19.3 Å². The van der Waals surface area contributed by atoms with E-state index in [0.717, 1.165) is 12.4 Å². The first-order valence-corrected chi connectivity index (χ1v) is 11.6. The third-order valence-electron chi connectivity index (χ3n) is 5.88. The fraction of sp³-hybridized carbons (Fsp3) is 0.476. The van der Waals surface area contributed by atoms with Crippen LogP contribution in [0.5, 0.6) is 0 Å². The number of methoxy groups -OCH3 is 1. The zero-order valence-electron chi connectivity index (χ0n) is 16.9. The summed E-state index contributed by atoms with van der Waals surface area (Å²) in [6.45, 7) is 0. The van der Waals surface area contributed by atoms with Crippen LogP contribution in [0.15, 0.2) is 36.7 Å². The van der Waals surface area contributed by atoms with Crippen LogP contribution in [0.25, 0.3) is 11.4 Å². The second-order valence-corrected chi connectivity index (χ2v) is 10.3. The molecule has 2 aromatic rings. The molecule has 0 saturated heterocycles. The van der Waals surface area contributed by atoms with Crippen LogP contribution in [0.2, 0.25) is 0 Å². The highest BCUT2D eigenvalue weighted by atomic mass is 32.2. The average Bonchev–Trinajstić information content (AvgIpc) is 3.55. The van der Waals surface area contributed by atoms with Crippen molar-refractivity contribution in [2.75, 3.05) is 7.11 Å². The van der Waals surface area contributed by atoms with Crippen molar-refractivity contribution in [1.29, 1.82) is 0 Å². The number of aromatic nitrogens is 2. The van der Waals surface area contributed by atoms with E-state index in [1.807, 2.05) is 0 Å². The predicted octanol–water partition coefficient (Wildman–Crippen LogP) is 2.57. The maximum Gasteiger partial charge on any atom is 0.312 e. The minimum Gasteiger partial charge on any atom is -0.469 e. The number of alkyl halides is 1. The zero-order chi connectivity index (χ0) is 22.2. The van der Waals surface area contributed by atoms with Crippen molar-refractivity contribution in [2.24, 2.45) is 5.41 Å². The van der Waals surface area contributed by atoms with Gasteiger partial charge in [-0.05, 0) is 43.7 Å². The average molecular weight is 451 g/mol. The number of carbonyl (C=O) groups excluding carboxylic acids is 1. The van der Waals surface area contributed by atoms with Gasteiger partial charge >= 0.3 is 5.97 Å². The van der Waals surface area contributed by atoms with E-state index in [9.17, 15) is 22.0 Å². The number of ether oxygens (including phenoxy) is 1. The van der Waals surface area contributed by atoms with E-state index in [2.05, 4.69) is 14.7 Å². The van der Waals surface area contributed by atoms with Gasteiger partial charge in [0.05, 0.1) is 36.2 Å². The number of esters is 1. The SMILES string of the molecule is COC(=O)[C@@]1(Cc2cccc(-c3ncc(F)cn3)c2)C[C@H](F)[C@H](NS(=O)(=O)C2CC2)C1. The molecule has 2 aliphatic carbocycles. The molecule has 0 unspecified atom stereocenters. The molecular formula is C21H23F2N3O4S. The van der Waals surface area contributed by atoms with Gasteiger partial charge in [-0.1, -0.05) is 18.2 Å². The molecule has 2 fully saturated rings. The Kier molecular flexibility index (Phi) is 5.78. The minimum atomic E-state index is -3.59. The predicted molar refractivity (Wildman–Crippen MR) is 109 cm³/mol. The molecule has 0 spiro atoms. The number of hydrogen-bond donors (Lipinski definition) is 1. The lowest BCUT2D eigenvalue weighted by Gasteiger charge is -2.26. The van der Waals surface area contributed by atoms with Gasteiger partial charge < -0.3 is 4.74 Å². The third-order valence-corrected chi connectivity index (χ3v) is 7.86. The summed E-state index contributed by atoms with van der Waals surface area (Å²) in [6.07, 6.45) is 1.78. The summed E-state index contributed by atoms with van der Waals surface area (Å²) in [4.78, 5) is 20.6. The van der Waals surface area contributed by atoms with E-state index in [4.69, 9.17) is 4.74 Å². The summed E-state index contributed by atoms with van der Waals surface area (Å²) in [7, 11) is -2.36. The largest absolute Gasteiger partial charge is 0.469 e. The van der Waals surface area contributed by atoms with Crippen LogP contribution in [0.1, 0.15) is 31.2 Å². The third kappa shape index (κ3) is 4.59. The quantitative estimate of drug-likeness (QED) is 0.650. The molecule has 0 aliphatic heterocycles. The van der Waals surface area contributed by atoms with Crippen LogP contribution in [-0.2, 0) is 26.0 Å². The van der Waals surface area contributed by atoms with Crippen molar-refractivity contribution in [3.8, 4) is 11.4 Å². The summed E-state index contributed by atoms with van der Waals surface area (Å²) in [6, 6.07) is 6.06. The maximum atomic E-state index is 14.9. The molecule has 1 aromatic heterocycles. The second-order valence-electron chi connectivity index (χ2n) is 8.27. The smallest absolute Gasteiger partial charge is 0.312 e. The van der Waals surface area contributed by atoms with E-state index >= 15 is 0 Å². The molecule has 3 atom stereocenters. The molecule has 4 rings (SSSR count). The van der Waals surface area contributed by atoms with E-state index in [1.165, 1.54) is 7.11 Å². The van der Waals surface area contributed by atoms with Gasteiger partial charge in [-0.15, -0.1) is 0 Å². The summed E-state index contributed by atoms with van der Waals surface area (Å²) in [5, 5.41) is -0.472. The van der Waals surface area contributed by atoms with Gasteiger partial charge in [-0.2, -0.15) is 0 Å². The van der Waals surface area contributed by atoms with Crippen molar-refractivity contribution in [3.63, 3.8) is 0 Å². The van der Waals surface area contributed by atoms with Crippen LogP contribution < -0.4 is 4.72 Å². The van der Waals surface area contributed by atoms with Crippen molar-refractivity contribution in [2.45, 2.75) is 49.6 Å². The van der Waals surface area contributed by atoms with Crippen molar-refractivity contribution in [1.82, 2.24) is 14.7 Å². The van der Waals surface area contributed by atoms with Gasteiger partial charge in [0, 0.05) is 5.56 Å². The Morgan fingerprint density at radius 1 is 1.26 bits per heavy atom. The van der Waals surface area contributed by atoms with Gasteiger partial charge in [0.15, 0.2) is 11.6 Å². The molecule has 0 amide bonds. The fourth-order valence-corrected chi connectivity index (χ4v) is 5.82. The summed E-state index contributed by atoms with van der Waals surface area (Å²) in [5.41, 5.74) is 0.139. The minimum absolute atomic E-state index is 0.00403. The van der Waals surface area contributed by atoms with Gasteiger partial charge in [0.2, 0.25) is 10.0 Å². The van der Waals surface area contributed by atoms with Gasteiger partial charge in [-0.25, -0.2) is 31.9 Å². The second kappa shape index (κ2) is 8.23. The van der Waals surface area contributed by atoms with Crippen molar-refractivity contribution in [3.05, 3.63) is 48.0 Å². The summed E-state index contributed by atoms with van der Waals surface area (Å²) in [5.74, 6) is -0.809. The number of benzene rings is 1. The van der Waals surface area contributed by atoms with E-state index in [1.54, 1.807) is 24.3 Å². The van der Waals surface area contributed by atoms with Gasteiger partial charge in [0.25, 0.3) is 0 Å². The molecule has 2 saturated carbocycles. The molecule has 31 heavy (non-hydrogen) atoms. The van der Waals surface area contributed by atoms with Crippen LogP contribution >= 0.6 is 0 Å². The zero-order valence-corrected chi connectivity index (χ0v) is 17.7. The first-order chi connectivity index (χ1) is 14.7. The molecule has 2 aliphatic rings. The summed E-state index contributed by atoms with van der Waals surface area (Å²) >= 11 is 0. The highest BCUT2D eigenvalue weighted by Gasteiger charge is 2.53. The van der Waals surface area contributed by atoms with Crippen molar-refractivity contribution < 1.29 is 26.7 Å². The fourth-order valence-electron chi connectivity index (χ4n) is 4.22. The lowest BCUT2D eigenvalue weighted by Crippen LogP contribution is -2.41. The highest BCUT2D eigenvalue weighted by Crippen LogP contribution is 2.44. The highest BCUT2D eigenvalue weighted by molar-refractivity contribution is 7.90. The van der Waals surface area contributed by atoms with Crippen molar-refractivity contribution >= 4 is 16.0 Å². The number of carbonyl (C=O) groups is 1. The molecular weight excluding hydrogens is 428 g/mol. The number of nitrogens with one attached hydrogen (secondary N) is 1. The monoisotopic (exact) mass is 451 g/mol. The topological polar surface area (TPSA) is 98.2 Å². The van der Waals surface area contributed by atoms with Crippen LogP contribution in [0.4, 0.5) is 8.78 Å². The van der Waals surface area contributed by atoms with E-state index < -0.39 is 44.7 Å². The standard InChI is InChI=1S/C21H23F2N3O4S/c1-30-20(27)21(9-17(23)18(10-21)26-31(28,29)16-5-6-16)8-13-3-2-4-14(7-13)19-24-11-15(22)12-25-19/h2-4,7,11-12,16-18,26H,5-6,8-10H2,1H3/t17-,18+,21-/m0/s1. The number of nitrogens with zero attached hydrogens (tertiary/aromatic N) is 2. The Bertz CT molecular complexity index is 1080. The number of sulfonamides is 1. The number of rotatable bonds is 7. The molecule has 0 radical (unpaired) electrons. The Labute approximate surface area is 179 Å². The van der Waals surface area contributed by atoms with Crippen LogP contribution in [0, 0.1) is 11.2 Å². The Hall–Kier alpha value is -2.46. The Morgan fingerprint density at radius 2 is 1.97 bits per heavy atom. The Morgan fingerprint density at radius 3 is 2.61 bits per heavy atom. The normalized spacial score (nSPS) is 26.0.